The molecular formula is C8H5ClO5. The molecule has 0 saturated carbocycles. The van der Waals surface area contributed by atoms with Crippen LogP contribution in [-0.2, 0) is 14.5 Å². The first-order valence-electron chi connectivity index (χ1n) is 3.46. The summed E-state index contributed by atoms with van der Waals surface area (Å²) in [4.78, 5) is 24.3. The fourth-order valence-corrected chi connectivity index (χ4v) is 0.815. The van der Waals surface area contributed by atoms with Gasteiger partial charge in [0.2, 0.25) is 0 Å². The van der Waals surface area contributed by atoms with Crippen molar-refractivity contribution in [3.8, 4) is 5.75 Å². The van der Waals surface area contributed by atoms with Crippen molar-refractivity contribution in [2.24, 2.45) is 0 Å². The number of carbonyl (C=O) groups excluding carboxylic acids is 2. The molecule has 0 unspecified atom stereocenters. The molecule has 0 bridgehead atoms. The van der Waals surface area contributed by atoms with Gasteiger partial charge in [-0.05, 0) is 24.3 Å². The maximum Gasteiger partial charge on any atom is 0.450 e. The molecule has 0 heterocycles. The zero-order valence-corrected chi connectivity index (χ0v) is 7.52. The molecule has 0 atom stereocenters. The van der Waals surface area contributed by atoms with Gasteiger partial charge >= 0.3 is 11.9 Å². The Kier molecular flexibility index (Phi) is 3.44. The van der Waals surface area contributed by atoms with Crippen molar-refractivity contribution in [1.29, 1.82) is 0 Å². The summed E-state index contributed by atoms with van der Waals surface area (Å²) in [6.07, 6.45) is 0. The van der Waals surface area contributed by atoms with Crippen molar-refractivity contribution in [2.45, 2.75) is 0 Å². The summed E-state index contributed by atoms with van der Waals surface area (Å²) in [5.41, 5.74) is 0. The molecule has 0 amide bonds. The minimum absolute atomic E-state index is 0.129. The first-order chi connectivity index (χ1) is 6.63. The number of benzene rings is 1. The fourth-order valence-electron chi connectivity index (χ4n) is 0.689. The van der Waals surface area contributed by atoms with Gasteiger partial charge in [-0.1, -0.05) is 11.6 Å². The van der Waals surface area contributed by atoms with Gasteiger partial charge in [0.25, 0.3) is 0 Å². The Balaban J connectivity index is 2.65. The quantitative estimate of drug-likeness (QED) is 0.252. The highest BCUT2D eigenvalue weighted by atomic mass is 35.5. The number of carbonyl (C=O) groups is 2. The zero-order valence-electron chi connectivity index (χ0n) is 6.77. The summed E-state index contributed by atoms with van der Waals surface area (Å²) >= 11 is 5.57. The molecule has 1 rings (SSSR count). The minimum Gasteiger partial charge on any atom is -0.418 e. The van der Waals surface area contributed by atoms with Gasteiger partial charge in [-0.25, -0.2) is 9.59 Å². The molecule has 0 saturated heterocycles. The second-order valence-corrected chi connectivity index (χ2v) is 2.66. The summed E-state index contributed by atoms with van der Waals surface area (Å²) in [5, 5.41) is 8.32. The van der Waals surface area contributed by atoms with Crippen LogP contribution in [0.15, 0.2) is 24.3 Å². The van der Waals surface area contributed by atoms with Crippen LogP contribution < -0.4 is 4.74 Å². The van der Waals surface area contributed by atoms with Gasteiger partial charge in [0.1, 0.15) is 5.75 Å². The highest BCUT2D eigenvalue weighted by molar-refractivity contribution is 6.31. The SMILES string of the molecule is O=C(OO)C(=O)Oc1ccc(Cl)cc1. The van der Waals surface area contributed by atoms with E-state index in [1.54, 1.807) is 0 Å². The molecule has 14 heavy (non-hydrogen) atoms. The molecule has 1 N–H and O–H groups in total. The van der Waals surface area contributed by atoms with Crippen LogP contribution in [0, 0.1) is 0 Å². The zero-order chi connectivity index (χ0) is 10.6. The molecule has 0 fully saturated rings. The smallest absolute Gasteiger partial charge is 0.418 e. The maximum absolute atomic E-state index is 10.7. The van der Waals surface area contributed by atoms with E-state index in [0.29, 0.717) is 5.02 Å². The minimum atomic E-state index is -1.49. The highest BCUT2D eigenvalue weighted by Gasteiger charge is 2.18. The Hall–Kier alpha value is -1.59. The normalized spacial score (nSPS) is 9.29. The number of esters is 1. The first-order valence-corrected chi connectivity index (χ1v) is 3.84. The van der Waals surface area contributed by atoms with E-state index in [0.717, 1.165) is 0 Å². The standard InChI is InChI=1S/C8H5ClO5/c9-5-1-3-6(4-2-5)13-7(10)8(11)14-12/h1-4,12H. The molecular weight excluding hydrogens is 212 g/mol. The van der Waals surface area contributed by atoms with E-state index < -0.39 is 11.9 Å². The van der Waals surface area contributed by atoms with E-state index in [4.69, 9.17) is 16.9 Å². The molecule has 0 radical (unpaired) electrons. The van der Waals surface area contributed by atoms with E-state index in [1.807, 2.05) is 0 Å². The third-order valence-electron chi connectivity index (χ3n) is 1.27. The monoisotopic (exact) mass is 216 g/mol. The van der Waals surface area contributed by atoms with E-state index in [9.17, 15) is 9.59 Å². The van der Waals surface area contributed by atoms with Crippen LogP contribution >= 0.6 is 11.6 Å². The maximum atomic E-state index is 10.7. The molecule has 1 aromatic rings. The molecule has 0 aliphatic heterocycles. The summed E-state index contributed by atoms with van der Waals surface area (Å²) in [5.74, 6) is -2.67. The van der Waals surface area contributed by atoms with Crippen LogP contribution in [0.2, 0.25) is 5.02 Å². The van der Waals surface area contributed by atoms with Crippen LogP contribution in [0.3, 0.4) is 0 Å². The Morgan fingerprint density at radius 2 is 1.71 bits per heavy atom. The van der Waals surface area contributed by atoms with Crippen molar-refractivity contribution >= 4 is 23.5 Å². The van der Waals surface area contributed by atoms with E-state index in [-0.39, 0.29) is 5.75 Å². The molecule has 0 aliphatic rings. The van der Waals surface area contributed by atoms with Gasteiger partial charge in [0.15, 0.2) is 0 Å². The summed E-state index contributed by atoms with van der Waals surface area (Å²) in [6.45, 7) is 0. The summed E-state index contributed by atoms with van der Waals surface area (Å²) in [7, 11) is 0. The van der Waals surface area contributed by atoms with Gasteiger partial charge in [0, 0.05) is 5.02 Å². The Morgan fingerprint density at radius 3 is 2.21 bits per heavy atom. The lowest BCUT2D eigenvalue weighted by molar-refractivity contribution is -0.235. The van der Waals surface area contributed by atoms with E-state index >= 15 is 0 Å². The molecule has 0 spiro atoms. The second-order valence-electron chi connectivity index (χ2n) is 2.22. The third-order valence-corrected chi connectivity index (χ3v) is 1.53. The number of halogens is 1. The van der Waals surface area contributed by atoms with Gasteiger partial charge in [-0.3, -0.25) is 4.89 Å². The van der Waals surface area contributed by atoms with Crippen LogP contribution in [0.25, 0.3) is 0 Å². The Morgan fingerprint density at radius 1 is 1.14 bits per heavy atom. The number of rotatable bonds is 1. The second kappa shape index (κ2) is 4.59. The van der Waals surface area contributed by atoms with Crippen molar-refractivity contribution in [2.75, 3.05) is 0 Å². The average Bonchev–Trinajstić information content (AvgIpc) is 2.20. The molecule has 0 aromatic heterocycles. The predicted molar refractivity (Wildman–Crippen MR) is 45.8 cm³/mol. The van der Waals surface area contributed by atoms with Gasteiger partial charge in [0.05, 0.1) is 0 Å². The van der Waals surface area contributed by atoms with Crippen molar-refractivity contribution in [3.63, 3.8) is 0 Å². The van der Waals surface area contributed by atoms with E-state index in [1.165, 1.54) is 24.3 Å². The Bertz CT molecular complexity index is 345. The van der Waals surface area contributed by atoms with Crippen LogP contribution in [-0.4, -0.2) is 17.2 Å². The van der Waals surface area contributed by atoms with E-state index in [2.05, 4.69) is 9.62 Å². The third kappa shape index (κ3) is 2.72. The van der Waals surface area contributed by atoms with Crippen LogP contribution in [0.5, 0.6) is 5.75 Å². The van der Waals surface area contributed by atoms with Crippen molar-refractivity contribution in [1.82, 2.24) is 0 Å². The average molecular weight is 217 g/mol. The molecule has 0 aliphatic carbocycles. The van der Waals surface area contributed by atoms with Gasteiger partial charge in [-0.15, -0.1) is 0 Å². The predicted octanol–water partition coefficient (Wildman–Crippen LogP) is 1.26. The molecule has 5 nitrogen and oxygen atoms in total. The van der Waals surface area contributed by atoms with Gasteiger partial charge in [-0.2, -0.15) is 5.26 Å². The van der Waals surface area contributed by atoms with Crippen LogP contribution in [0.4, 0.5) is 0 Å². The van der Waals surface area contributed by atoms with Gasteiger partial charge < -0.3 is 4.74 Å². The molecule has 1 aromatic carbocycles. The highest BCUT2D eigenvalue weighted by Crippen LogP contribution is 2.15. The topological polar surface area (TPSA) is 72.8 Å². The number of hydrogen-bond acceptors (Lipinski definition) is 5. The van der Waals surface area contributed by atoms with Crippen molar-refractivity contribution in [3.05, 3.63) is 29.3 Å². The lowest BCUT2D eigenvalue weighted by Crippen LogP contribution is -2.21. The lowest BCUT2D eigenvalue weighted by Gasteiger charge is -2.00. The van der Waals surface area contributed by atoms with Crippen molar-refractivity contribution < 1.29 is 24.5 Å². The molecule has 74 valence electrons. The fraction of sp³-hybridized carbons (Fsp3) is 0. The lowest BCUT2D eigenvalue weighted by atomic mass is 10.3. The van der Waals surface area contributed by atoms with Crippen LogP contribution in [0.1, 0.15) is 0 Å². The largest absolute Gasteiger partial charge is 0.450 e. The number of ether oxygens (including phenoxy) is 1. The molecule has 6 heteroatoms. The Labute approximate surface area is 83.7 Å². The number of hydrogen-bond donors (Lipinski definition) is 1. The first kappa shape index (κ1) is 10.5. The summed E-state index contributed by atoms with van der Waals surface area (Å²) in [6, 6.07) is 5.75. The summed E-state index contributed by atoms with van der Waals surface area (Å²) < 4.78 is 4.49.